The molecule has 0 aliphatic heterocycles. The molecule has 0 bridgehead atoms. The molecule has 138 valence electrons. The summed E-state index contributed by atoms with van der Waals surface area (Å²) < 4.78 is 11.1. The maximum Gasteiger partial charge on any atom is 0.357 e. The zero-order valence-electron chi connectivity index (χ0n) is 14.6. The largest absolute Gasteiger partial charge is 0.493 e. The molecule has 9 heteroatoms. The summed E-state index contributed by atoms with van der Waals surface area (Å²) in [6.07, 6.45) is 3.67. The van der Waals surface area contributed by atoms with Crippen LogP contribution in [0.25, 0.3) is 12.2 Å². The second-order valence-corrected chi connectivity index (χ2v) is 5.51. The summed E-state index contributed by atoms with van der Waals surface area (Å²) in [6, 6.07) is 5.14. The number of ether oxygens (including phenoxy) is 2. The van der Waals surface area contributed by atoms with Gasteiger partial charge < -0.3 is 14.5 Å². The molecule has 0 aliphatic rings. The molecule has 1 aromatic heterocycles. The van der Waals surface area contributed by atoms with Crippen LogP contribution in [0.15, 0.2) is 27.8 Å². The van der Waals surface area contributed by atoms with Crippen molar-refractivity contribution >= 4 is 17.8 Å². The van der Waals surface area contributed by atoms with Gasteiger partial charge in [0, 0.05) is 0 Å². The highest BCUT2D eigenvalue weighted by molar-refractivity contribution is 5.72. The monoisotopic (exact) mass is 361 g/mol. The van der Waals surface area contributed by atoms with Crippen molar-refractivity contribution in [2.45, 2.75) is 26.4 Å². The number of rotatable bonds is 7. The Morgan fingerprint density at radius 2 is 1.96 bits per heavy atom. The van der Waals surface area contributed by atoms with Gasteiger partial charge in [0.2, 0.25) is 0 Å². The van der Waals surface area contributed by atoms with Crippen LogP contribution >= 0.6 is 0 Å². The molecule has 0 spiro atoms. The van der Waals surface area contributed by atoms with E-state index in [9.17, 15) is 19.7 Å². The molecular formula is C17H19N3O6. The van der Waals surface area contributed by atoms with Crippen LogP contribution < -0.4 is 20.7 Å². The molecule has 1 atom stereocenters. The highest BCUT2D eigenvalue weighted by atomic mass is 16.6. The third kappa shape index (κ3) is 4.38. The Labute approximate surface area is 148 Å². The number of nitrogens with one attached hydrogen (secondary N) is 2. The highest BCUT2D eigenvalue weighted by Crippen LogP contribution is 2.30. The van der Waals surface area contributed by atoms with Crippen molar-refractivity contribution in [1.29, 1.82) is 0 Å². The molecule has 0 aliphatic carbocycles. The molecule has 1 unspecified atom stereocenters. The Balaban J connectivity index is 2.39. The van der Waals surface area contributed by atoms with Gasteiger partial charge >= 0.3 is 16.9 Å². The number of nitro groups is 1. The summed E-state index contributed by atoms with van der Waals surface area (Å²) in [6.45, 7) is 3.94. The summed E-state index contributed by atoms with van der Waals surface area (Å²) >= 11 is 0. The number of aromatic amines is 2. The standard InChI is InChI=1S/C17H19N3O6/c1-4-10(2)26-13-8-6-11(9-14(13)25-3)5-7-12-15(20(23)24)16(21)19-17(22)18-12/h5-10H,4H2,1-3H3,(H2,18,19,21,22)/b7-5+. The number of benzene rings is 1. The highest BCUT2D eigenvalue weighted by Gasteiger charge is 2.18. The minimum absolute atomic E-state index is 0.0223. The van der Waals surface area contributed by atoms with E-state index >= 15 is 0 Å². The third-order valence-corrected chi connectivity index (χ3v) is 3.66. The first-order valence-corrected chi connectivity index (χ1v) is 7.89. The van der Waals surface area contributed by atoms with Crippen LogP contribution in [-0.4, -0.2) is 28.1 Å². The minimum Gasteiger partial charge on any atom is -0.493 e. The van der Waals surface area contributed by atoms with E-state index in [2.05, 4.69) is 4.98 Å². The Hall–Kier alpha value is -3.36. The van der Waals surface area contributed by atoms with Crippen molar-refractivity contribution < 1.29 is 14.4 Å². The van der Waals surface area contributed by atoms with E-state index in [0.717, 1.165) is 6.42 Å². The van der Waals surface area contributed by atoms with E-state index in [1.165, 1.54) is 19.3 Å². The maximum atomic E-state index is 11.6. The predicted molar refractivity (Wildman–Crippen MR) is 96.6 cm³/mol. The fourth-order valence-corrected chi connectivity index (χ4v) is 2.16. The van der Waals surface area contributed by atoms with Crippen molar-refractivity contribution in [3.63, 3.8) is 0 Å². The Morgan fingerprint density at radius 1 is 1.23 bits per heavy atom. The summed E-state index contributed by atoms with van der Waals surface area (Å²) in [4.78, 5) is 37.2. The van der Waals surface area contributed by atoms with Crippen LogP contribution in [0.4, 0.5) is 5.69 Å². The summed E-state index contributed by atoms with van der Waals surface area (Å²) in [5, 5.41) is 11.0. The average molecular weight is 361 g/mol. The van der Waals surface area contributed by atoms with E-state index < -0.39 is 21.9 Å². The van der Waals surface area contributed by atoms with Gasteiger partial charge in [0.25, 0.3) is 0 Å². The number of methoxy groups -OCH3 is 1. The van der Waals surface area contributed by atoms with Gasteiger partial charge in [0.1, 0.15) is 5.69 Å². The lowest BCUT2D eigenvalue weighted by atomic mass is 10.1. The Morgan fingerprint density at radius 3 is 2.58 bits per heavy atom. The van der Waals surface area contributed by atoms with E-state index in [0.29, 0.717) is 17.1 Å². The number of hydrogen-bond donors (Lipinski definition) is 2. The second-order valence-electron chi connectivity index (χ2n) is 5.51. The molecule has 2 aromatic rings. The maximum absolute atomic E-state index is 11.6. The smallest absolute Gasteiger partial charge is 0.357 e. The summed E-state index contributed by atoms with van der Waals surface area (Å²) in [5.41, 5.74) is -2.16. The van der Waals surface area contributed by atoms with Crippen LogP contribution in [0.5, 0.6) is 11.5 Å². The number of aromatic nitrogens is 2. The first-order chi connectivity index (χ1) is 12.3. The summed E-state index contributed by atoms with van der Waals surface area (Å²) in [5.74, 6) is 1.08. The van der Waals surface area contributed by atoms with E-state index in [1.807, 2.05) is 18.8 Å². The van der Waals surface area contributed by atoms with Crippen LogP contribution in [0.1, 0.15) is 31.5 Å². The van der Waals surface area contributed by atoms with Gasteiger partial charge in [0.15, 0.2) is 11.5 Å². The van der Waals surface area contributed by atoms with E-state index in [-0.39, 0.29) is 11.8 Å². The van der Waals surface area contributed by atoms with Gasteiger partial charge in [-0.15, -0.1) is 0 Å². The average Bonchev–Trinajstić information content (AvgIpc) is 2.59. The lowest BCUT2D eigenvalue weighted by Gasteiger charge is -2.15. The van der Waals surface area contributed by atoms with Crippen molar-refractivity contribution in [2.75, 3.05) is 7.11 Å². The molecule has 1 aromatic carbocycles. The van der Waals surface area contributed by atoms with Crippen molar-refractivity contribution in [1.82, 2.24) is 9.97 Å². The molecule has 0 fully saturated rings. The second kappa shape index (κ2) is 8.15. The third-order valence-electron chi connectivity index (χ3n) is 3.66. The number of nitrogens with zero attached hydrogens (tertiary/aromatic N) is 1. The Bertz CT molecular complexity index is 944. The molecule has 0 saturated heterocycles. The van der Waals surface area contributed by atoms with Gasteiger partial charge in [0.05, 0.1) is 18.1 Å². The number of H-pyrrole nitrogens is 2. The normalized spacial score (nSPS) is 12.1. The van der Waals surface area contributed by atoms with Crippen LogP contribution in [-0.2, 0) is 0 Å². The molecule has 1 heterocycles. The van der Waals surface area contributed by atoms with E-state index in [4.69, 9.17) is 9.47 Å². The van der Waals surface area contributed by atoms with Crippen LogP contribution in [0.2, 0.25) is 0 Å². The summed E-state index contributed by atoms with van der Waals surface area (Å²) in [7, 11) is 1.51. The van der Waals surface area contributed by atoms with Gasteiger partial charge in [-0.05, 0) is 37.1 Å². The fraction of sp³-hybridized carbons (Fsp3) is 0.294. The van der Waals surface area contributed by atoms with Crippen molar-refractivity contribution in [3.8, 4) is 11.5 Å². The minimum atomic E-state index is -1.06. The zero-order chi connectivity index (χ0) is 19.3. The predicted octanol–water partition coefficient (Wildman–Crippen LogP) is 2.33. The molecular weight excluding hydrogens is 342 g/mol. The van der Waals surface area contributed by atoms with E-state index in [1.54, 1.807) is 18.2 Å². The first kappa shape index (κ1) is 19.0. The van der Waals surface area contributed by atoms with Gasteiger partial charge in [-0.3, -0.25) is 19.9 Å². The molecule has 0 amide bonds. The first-order valence-electron chi connectivity index (χ1n) is 7.89. The molecule has 9 nitrogen and oxygen atoms in total. The fourth-order valence-electron chi connectivity index (χ4n) is 2.16. The lowest BCUT2D eigenvalue weighted by Crippen LogP contribution is -2.25. The molecule has 2 rings (SSSR count). The molecule has 26 heavy (non-hydrogen) atoms. The van der Waals surface area contributed by atoms with Crippen LogP contribution in [0, 0.1) is 10.1 Å². The molecule has 0 radical (unpaired) electrons. The molecule has 2 N–H and O–H groups in total. The SMILES string of the molecule is CCC(C)Oc1ccc(/C=C/c2[nH]c(=O)[nH]c(=O)c2[N+](=O)[O-])cc1OC. The quantitative estimate of drug-likeness (QED) is 0.575. The lowest BCUT2D eigenvalue weighted by molar-refractivity contribution is -0.386. The van der Waals surface area contributed by atoms with Crippen molar-refractivity contribution in [3.05, 3.63) is 60.4 Å². The van der Waals surface area contributed by atoms with Gasteiger partial charge in [-0.25, -0.2) is 4.79 Å². The van der Waals surface area contributed by atoms with Crippen LogP contribution in [0.3, 0.4) is 0 Å². The van der Waals surface area contributed by atoms with Crippen molar-refractivity contribution in [2.24, 2.45) is 0 Å². The topological polar surface area (TPSA) is 127 Å². The van der Waals surface area contributed by atoms with Gasteiger partial charge in [-0.1, -0.05) is 19.1 Å². The molecule has 0 saturated carbocycles. The zero-order valence-corrected chi connectivity index (χ0v) is 14.6. The van der Waals surface area contributed by atoms with Gasteiger partial charge in [-0.2, -0.15) is 0 Å². The Kier molecular flexibility index (Phi) is 5.94. The number of hydrogen-bond acceptors (Lipinski definition) is 6.